The number of hydrogen-bond donors (Lipinski definition) is 1. The van der Waals surface area contributed by atoms with Crippen LogP contribution in [0.4, 0.5) is 0 Å². The van der Waals surface area contributed by atoms with Crippen LogP contribution in [0.2, 0.25) is 0 Å². The second-order valence-corrected chi connectivity index (χ2v) is 6.83. The van der Waals surface area contributed by atoms with Crippen molar-refractivity contribution >= 4 is 0 Å². The molecule has 1 aromatic carbocycles. The highest BCUT2D eigenvalue weighted by Gasteiger charge is 2.30. The number of phenolic OH excluding ortho intramolecular Hbond substituents is 1. The lowest BCUT2D eigenvalue weighted by molar-refractivity contribution is 0.100. The van der Waals surface area contributed by atoms with Gasteiger partial charge in [0, 0.05) is 12.1 Å². The molecule has 0 aliphatic heterocycles. The monoisotopic (exact) mass is 261 g/mol. The van der Waals surface area contributed by atoms with Crippen LogP contribution in [0, 0.1) is 5.41 Å². The molecular formula is C17H27NO. The van der Waals surface area contributed by atoms with Crippen LogP contribution in [-0.2, 0) is 0 Å². The van der Waals surface area contributed by atoms with Crippen molar-refractivity contribution in [3.8, 4) is 5.75 Å². The third-order valence-electron chi connectivity index (χ3n) is 4.85. The first-order valence-electron chi connectivity index (χ1n) is 7.40. The van der Waals surface area contributed by atoms with E-state index in [1.54, 1.807) is 6.07 Å². The topological polar surface area (TPSA) is 23.5 Å². The normalized spacial score (nSPS) is 21.5. The van der Waals surface area contributed by atoms with Crippen LogP contribution in [0.3, 0.4) is 0 Å². The predicted octanol–water partition coefficient (Wildman–Crippen LogP) is 4.35. The molecule has 2 heteroatoms. The number of aromatic hydroxyl groups is 1. The minimum atomic E-state index is 0.360. The first-order valence-corrected chi connectivity index (χ1v) is 7.40. The molecule has 0 heterocycles. The summed E-state index contributed by atoms with van der Waals surface area (Å²) >= 11 is 0. The molecule has 0 saturated heterocycles. The third kappa shape index (κ3) is 3.50. The highest BCUT2D eigenvalue weighted by Crippen LogP contribution is 2.38. The van der Waals surface area contributed by atoms with Crippen molar-refractivity contribution in [1.29, 1.82) is 0 Å². The van der Waals surface area contributed by atoms with Gasteiger partial charge in [-0.25, -0.2) is 0 Å². The van der Waals surface area contributed by atoms with Crippen LogP contribution >= 0.6 is 0 Å². The highest BCUT2D eigenvalue weighted by molar-refractivity contribution is 5.29. The van der Waals surface area contributed by atoms with Gasteiger partial charge in [0.2, 0.25) is 0 Å². The zero-order chi connectivity index (χ0) is 14.0. The summed E-state index contributed by atoms with van der Waals surface area (Å²) in [7, 11) is 2.22. The van der Waals surface area contributed by atoms with Crippen molar-refractivity contribution in [2.24, 2.45) is 5.41 Å². The van der Waals surface area contributed by atoms with Gasteiger partial charge in [-0.1, -0.05) is 26.0 Å². The first-order chi connectivity index (χ1) is 8.89. The van der Waals surface area contributed by atoms with Crippen LogP contribution < -0.4 is 0 Å². The van der Waals surface area contributed by atoms with Gasteiger partial charge in [0.05, 0.1) is 0 Å². The second-order valence-electron chi connectivity index (χ2n) is 6.83. The Morgan fingerprint density at radius 2 is 1.89 bits per heavy atom. The molecule has 0 radical (unpaired) electrons. The lowest BCUT2D eigenvalue weighted by atomic mass is 9.75. The zero-order valence-corrected chi connectivity index (χ0v) is 12.7. The largest absolute Gasteiger partial charge is 0.508 e. The molecule has 1 aromatic rings. The van der Waals surface area contributed by atoms with Gasteiger partial charge in [-0.05, 0) is 62.8 Å². The molecule has 19 heavy (non-hydrogen) atoms. The van der Waals surface area contributed by atoms with Crippen LogP contribution in [0.15, 0.2) is 24.3 Å². The smallest absolute Gasteiger partial charge is 0.115 e. The Labute approximate surface area is 117 Å². The fraction of sp³-hybridized carbons (Fsp3) is 0.647. The Kier molecular flexibility index (Phi) is 4.19. The van der Waals surface area contributed by atoms with Crippen molar-refractivity contribution in [2.75, 3.05) is 7.05 Å². The molecule has 1 aliphatic rings. The maximum atomic E-state index is 9.60. The van der Waals surface area contributed by atoms with Gasteiger partial charge >= 0.3 is 0 Å². The molecule has 1 unspecified atom stereocenters. The molecule has 1 atom stereocenters. The summed E-state index contributed by atoms with van der Waals surface area (Å²) in [6, 6.07) is 8.68. The lowest BCUT2D eigenvalue weighted by Crippen LogP contribution is -2.38. The van der Waals surface area contributed by atoms with Gasteiger partial charge in [-0.2, -0.15) is 0 Å². The van der Waals surface area contributed by atoms with Crippen molar-refractivity contribution in [2.45, 2.75) is 58.5 Å². The highest BCUT2D eigenvalue weighted by atomic mass is 16.3. The number of hydrogen-bond acceptors (Lipinski definition) is 2. The number of rotatable bonds is 3. The number of phenols is 1. The van der Waals surface area contributed by atoms with Gasteiger partial charge in [0.25, 0.3) is 0 Å². The van der Waals surface area contributed by atoms with Crippen LogP contribution in [0.25, 0.3) is 0 Å². The van der Waals surface area contributed by atoms with Crippen LogP contribution in [0.1, 0.15) is 58.1 Å². The Hall–Kier alpha value is -1.02. The number of benzene rings is 1. The Bertz CT molecular complexity index is 417. The van der Waals surface area contributed by atoms with Gasteiger partial charge in [0.15, 0.2) is 0 Å². The molecule has 0 spiro atoms. The fourth-order valence-electron chi connectivity index (χ4n) is 3.13. The van der Waals surface area contributed by atoms with E-state index in [4.69, 9.17) is 0 Å². The van der Waals surface area contributed by atoms with Crippen LogP contribution in [0.5, 0.6) is 5.75 Å². The SMILES string of the molecule is CC(c1cccc(O)c1)N(C)C1CCC(C)(C)CC1. The molecule has 2 rings (SSSR count). The summed E-state index contributed by atoms with van der Waals surface area (Å²) in [5.74, 6) is 0.363. The lowest BCUT2D eigenvalue weighted by Gasteiger charge is -2.41. The summed E-state index contributed by atoms with van der Waals surface area (Å²) < 4.78 is 0. The minimum Gasteiger partial charge on any atom is -0.508 e. The summed E-state index contributed by atoms with van der Waals surface area (Å²) in [5, 5.41) is 9.60. The molecule has 1 saturated carbocycles. The van der Waals surface area contributed by atoms with Gasteiger partial charge < -0.3 is 5.11 Å². The van der Waals surface area contributed by atoms with E-state index >= 15 is 0 Å². The molecular weight excluding hydrogens is 234 g/mol. The third-order valence-corrected chi connectivity index (χ3v) is 4.85. The van der Waals surface area contributed by atoms with E-state index in [1.165, 1.54) is 31.2 Å². The van der Waals surface area contributed by atoms with Gasteiger partial charge in [0.1, 0.15) is 5.75 Å². The average molecular weight is 261 g/mol. The zero-order valence-electron chi connectivity index (χ0n) is 12.7. The van der Waals surface area contributed by atoms with E-state index < -0.39 is 0 Å². The molecule has 106 valence electrons. The summed E-state index contributed by atoms with van der Waals surface area (Å²) in [4.78, 5) is 2.48. The molecule has 2 nitrogen and oxygen atoms in total. The first kappa shape index (κ1) is 14.4. The molecule has 0 bridgehead atoms. The van der Waals surface area contributed by atoms with Crippen LogP contribution in [-0.4, -0.2) is 23.1 Å². The van der Waals surface area contributed by atoms with Crippen molar-refractivity contribution in [3.05, 3.63) is 29.8 Å². The van der Waals surface area contributed by atoms with E-state index in [0.717, 1.165) is 0 Å². The van der Waals surface area contributed by atoms with Gasteiger partial charge in [-0.3, -0.25) is 4.90 Å². The molecule has 0 aromatic heterocycles. The maximum absolute atomic E-state index is 9.60. The number of nitrogens with zero attached hydrogens (tertiary/aromatic N) is 1. The molecule has 1 aliphatic carbocycles. The minimum absolute atomic E-state index is 0.360. The molecule has 0 amide bonds. The second kappa shape index (κ2) is 5.54. The average Bonchev–Trinajstić information content (AvgIpc) is 2.37. The predicted molar refractivity (Wildman–Crippen MR) is 80.3 cm³/mol. The molecule has 1 N–H and O–H groups in total. The van der Waals surface area contributed by atoms with Crippen molar-refractivity contribution < 1.29 is 5.11 Å². The Balaban J connectivity index is 2.02. The van der Waals surface area contributed by atoms with E-state index in [-0.39, 0.29) is 0 Å². The quantitative estimate of drug-likeness (QED) is 0.874. The Morgan fingerprint density at radius 3 is 2.47 bits per heavy atom. The van der Waals surface area contributed by atoms with E-state index in [1.807, 2.05) is 12.1 Å². The Morgan fingerprint density at radius 1 is 1.26 bits per heavy atom. The van der Waals surface area contributed by atoms with E-state index in [0.29, 0.717) is 23.2 Å². The summed E-state index contributed by atoms with van der Waals surface area (Å²) in [6.07, 6.45) is 5.20. The maximum Gasteiger partial charge on any atom is 0.115 e. The van der Waals surface area contributed by atoms with Crippen molar-refractivity contribution in [1.82, 2.24) is 4.90 Å². The molecule has 1 fully saturated rings. The standard InChI is InChI=1S/C17H27NO/c1-13(14-6-5-7-16(19)12-14)18(4)15-8-10-17(2,3)11-9-15/h5-7,12-13,15,19H,8-11H2,1-4H3. The van der Waals surface area contributed by atoms with Gasteiger partial charge in [-0.15, -0.1) is 0 Å². The fourth-order valence-corrected chi connectivity index (χ4v) is 3.13. The summed E-state index contributed by atoms with van der Waals surface area (Å²) in [5.41, 5.74) is 1.72. The van der Waals surface area contributed by atoms with Crippen molar-refractivity contribution in [3.63, 3.8) is 0 Å². The van der Waals surface area contributed by atoms with E-state index in [9.17, 15) is 5.11 Å². The summed E-state index contributed by atoms with van der Waals surface area (Å²) in [6.45, 7) is 6.98. The van der Waals surface area contributed by atoms with E-state index in [2.05, 4.69) is 38.8 Å².